The summed E-state index contributed by atoms with van der Waals surface area (Å²) in [5, 5.41) is 2.62. The highest BCUT2D eigenvalue weighted by atomic mass is 16.5. The Balaban J connectivity index is 1.07. The zero-order valence-electron chi connectivity index (χ0n) is 41.0. The van der Waals surface area contributed by atoms with Gasteiger partial charge in [0.25, 0.3) is 0 Å². The Hall–Kier alpha value is -8.07. The van der Waals surface area contributed by atoms with Crippen molar-refractivity contribution in [1.29, 1.82) is 0 Å². The number of benzene rings is 5. The van der Waals surface area contributed by atoms with Gasteiger partial charge in [0.15, 0.2) is 0 Å². The predicted octanol–water partition coefficient (Wildman–Crippen LogP) is 12.9. The van der Waals surface area contributed by atoms with Gasteiger partial charge in [-0.2, -0.15) is 0 Å². The first-order valence-electron chi connectivity index (χ1n) is 24.7. The lowest BCUT2D eigenvalue weighted by atomic mass is 10.0. The van der Waals surface area contributed by atoms with Gasteiger partial charge < -0.3 is 50.1 Å². The molecule has 1 heterocycles. The standard InChI is InChI=1S/C57H65N5O10/c1-4-7-8-13-34-67-47-28-30-48(31-29-47)72-55-51-39-45(61-59-43-22-18-41(19-23-43)56(65)70-37-16-11-9-14-35-68-53(63)5-2)26-32-49(51)50-33-27-46(40-52(50)58-55)62-60-44-24-20-42(21-25-44)57(66)71-38-17-12-10-15-36-69-54(64)6-3/h5-6,18-33,39-40,59-62H,2-4,7-17,34-38H2,1H3. The van der Waals surface area contributed by atoms with Crippen molar-refractivity contribution in [3.63, 3.8) is 0 Å². The number of rotatable bonds is 32. The number of carbonyl (C=O) groups is 4. The van der Waals surface area contributed by atoms with E-state index in [1.807, 2.05) is 60.7 Å². The third-order valence-corrected chi connectivity index (χ3v) is 11.4. The van der Waals surface area contributed by atoms with Crippen LogP contribution in [0.25, 0.3) is 21.7 Å². The molecule has 0 aliphatic heterocycles. The zero-order chi connectivity index (χ0) is 50.8. The summed E-state index contributed by atoms with van der Waals surface area (Å²) in [6.45, 7) is 10.9. The maximum atomic E-state index is 12.7. The van der Waals surface area contributed by atoms with Crippen molar-refractivity contribution in [2.75, 3.05) is 54.7 Å². The molecule has 1 aromatic heterocycles. The summed E-state index contributed by atoms with van der Waals surface area (Å²) in [6, 6.07) is 33.4. The predicted molar refractivity (Wildman–Crippen MR) is 283 cm³/mol. The molecule has 0 saturated heterocycles. The van der Waals surface area contributed by atoms with Crippen molar-refractivity contribution in [2.45, 2.75) is 84.0 Å². The Morgan fingerprint density at radius 3 is 1.40 bits per heavy atom. The molecule has 0 amide bonds. The fourth-order valence-electron chi connectivity index (χ4n) is 7.39. The SMILES string of the molecule is C=CC(=O)OCCCCCCOC(=O)c1ccc(NNc2ccc3c(c2)nc(Oc2ccc(OCCCCCC)cc2)c2cc(NNc4ccc(C(=O)OCCCCCCOC(=O)C=C)cc4)ccc23)cc1. The Bertz CT molecular complexity index is 2710. The van der Waals surface area contributed by atoms with Crippen LogP contribution in [0.1, 0.15) is 105 Å². The van der Waals surface area contributed by atoms with Gasteiger partial charge in [-0.25, -0.2) is 24.2 Å². The van der Waals surface area contributed by atoms with Crippen molar-refractivity contribution in [3.8, 4) is 17.4 Å². The topological polar surface area (TPSA) is 185 Å². The quantitative estimate of drug-likeness (QED) is 0.00781. The lowest BCUT2D eigenvalue weighted by Crippen LogP contribution is -2.10. The van der Waals surface area contributed by atoms with E-state index in [2.05, 4.69) is 41.8 Å². The van der Waals surface area contributed by atoms with Crippen LogP contribution in [0.15, 0.2) is 135 Å². The normalized spacial score (nSPS) is 10.7. The second-order valence-electron chi connectivity index (χ2n) is 16.9. The van der Waals surface area contributed by atoms with Crippen LogP contribution in [0.2, 0.25) is 0 Å². The number of esters is 4. The van der Waals surface area contributed by atoms with Crippen molar-refractivity contribution in [2.24, 2.45) is 0 Å². The van der Waals surface area contributed by atoms with E-state index in [0.29, 0.717) is 67.7 Å². The van der Waals surface area contributed by atoms with Crippen molar-refractivity contribution in [3.05, 3.63) is 146 Å². The Labute approximate surface area is 421 Å². The number of hydrogen-bond donors (Lipinski definition) is 4. The van der Waals surface area contributed by atoms with Crippen LogP contribution < -0.4 is 31.2 Å². The third-order valence-electron chi connectivity index (χ3n) is 11.4. The summed E-state index contributed by atoms with van der Waals surface area (Å²) in [7, 11) is 0. The molecule has 5 aromatic carbocycles. The lowest BCUT2D eigenvalue weighted by molar-refractivity contribution is -0.138. The van der Waals surface area contributed by atoms with E-state index in [-0.39, 0.29) is 0 Å². The first-order valence-corrected chi connectivity index (χ1v) is 24.7. The molecule has 6 rings (SSSR count). The Kier molecular flexibility index (Phi) is 21.6. The third kappa shape index (κ3) is 17.4. The molecule has 0 atom stereocenters. The van der Waals surface area contributed by atoms with E-state index < -0.39 is 23.9 Å². The van der Waals surface area contributed by atoms with Gasteiger partial charge >= 0.3 is 23.9 Å². The van der Waals surface area contributed by atoms with Gasteiger partial charge in [-0.05, 0) is 160 Å². The Morgan fingerprint density at radius 1 is 0.458 bits per heavy atom. The molecule has 0 bridgehead atoms. The van der Waals surface area contributed by atoms with Crippen LogP contribution in [0, 0.1) is 0 Å². The number of aromatic nitrogens is 1. The molecule has 0 aliphatic rings. The molecule has 15 heteroatoms. The summed E-state index contributed by atoms with van der Waals surface area (Å²) in [5.41, 5.74) is 17.5. The highest BCUT2D eigenvalue weighted by Crippen LogP contribution is 2.36. The van der Waals surface area contributed by atoms with Crippen LogP contribution in [-0.2, 0) is 28.5 Å². The molecular formula is C57H65N5O10. The number of fused-ring (bicyclic) bond motifs is 3. The van der Waals surface area contributed by atoms with Gasteiger partial charge in [-0.1, -0.05) is 51.5 Å². The largest absolute Gasteiger partial charge is 0.494 e. The number of unbranched alkanes of at least 4 members (excludes halogenated alkanes) is 9. The maximum Gasteiger partial charge on any atom is 0.338 e. The summed E-state index contributed by atoms with van der Waals surface area (Å²) in [4.78, 5) is 52.7. The van der Waals surface area contributed by atoms with Crippen molar-refractivity contribution < 1.29 is 47.6 Å². The van der Waals surface area contributed by atoms with Crippen LogP contribution in [0.3, 0.4) is 0 Å². The Morgan fingerprint density at radius 2 is 0.889 bits per heavy atom. The van der Waals surface area contributed by atoms with Crippen molar-refractivity contribution >= 4 is 68.3 Å². The number of pyridine rings is 1. The minimum Gasteiger partial charge on any atom is -0.494 e. The first kappa shape index (κ1) is 53.3. The fourth-order valence-corrected chi connectivity index (χ4v) is 7.39. The van der Waals surface area contributed by atoms with Crippen LogP contribution in [0.4, 0.5) is 22.7 Å². The van der Waals surface area contributed by atoms with E-state index >= 15 is 0 Å². The molecular weight excluding hydrogens is 915 g/mol. The van der Waals surface area contributed by atoms with Gasteiger partial charge in [0.05, 0.1) is 72.4 Å². The van der Waals surface area contributed by atoms with Gasteiger partial charge in [0.2, 0.25) is 5.88 Å². The molecule has 0 spiro atoms. The van der Waals surface area contributed by atoms with E-state index in [1.165, 1.54) is 12.8 Å². The molecule has 0 saturated carbocycles. The second-order valence-corrected chi connectivity index (χ2v) is 16.9. The average molecular weight is 980 g/mol. The number of anilines is 4. The fraction of sp³-hybridized carbons (Fsp3) is 0.316. The van der Waals surface area contributed by atoms with E-state index in [9.17, 15) is 19.2 Å². The molecule has 0 radical (unpaired) electrons. The van der Waals surface area contributed by atoms with E-state index in [4.69, 9.17) is 33.4 Å². The van der Waals surface area contributed by atoms with Crippen LogP contribution >= 0.6 is 0 Å². The van der Waals surface area contributed by atoms with Gasteiger partial charge in [0.1, 0.15) is 11.5 Å². The second kappa shape index (κ2) is 29.2. The molecule has 0 unspecified atom stereocenters. The highest BCUT2D eigenvalue weighted by molar-refractivity contribution is 6.09. The zero-order valence-corrected chi connectivity index (χ0v) is 41.0. The lowest BCUT2D eigenvalue weighted by Gasteiger charge is -2.16. The molecule has 6 aromatic rings. The summed E-state index contributed by atoms with van der Waals surface area (Å²) >= 11 is 0. The smallest absolute Gasteiger partial charge is 0.338 e. The summed E-state index contributed by atoms with van der Waals surface area (Å²) in [6.07, 6.45) is 13.2. The van der Waals surface area contributed by atoms with Crippen molar-refractivity contribution in [1.82, 2.24) is 4.98 Å². The first-order chi connectivity index (χ1) is 35.2. The van der Waals surface area contributed by atoms with Crippen LogP contribution in [0.5, 0.6) is 17.4 Å². The summed E-state index contributed by atoms with van der Waals surface area (Å²) < 4.78 is 33.4. The highest BCUT2D eigenvalue weighted by Gasteiger charge is 2.14. The molecule has 15 nitrogen and oxygen atoms in total. The molecule has 378 valence electrons. The number of hydrazine groups is 2. The molecule has 4 N–H and O–H groups in total. The van der Waals surface area contributed by atoms with Gasteiger partial charge in [-0.3, -0.25) is 0 Å². The molecule has 72 heavy (non-hydrogen) atoms. The monoisotopic (exact) mass is 979 g/mol. The maximum absolute atomic E-state index is 12.7. The van der Waals surface area contributed by atoms with Gasteiger partial charge in [0, 0.05) is 22.9 Å². The number of nitrogens with zero attached hydrogens (tertiary/aromatic N) is 1. The van der Waals surface area contributed by atoms with E-state index in [1.54, 1.807) is 48.5 Å². The number of ether oxygens (including phenoxy) is 6. The molecule has 0 aliphatic carbocycles. The van der Waals surface area contributed by atoms with E-state index in [0.717, 1.165) is 115 Å². The summed E-state index contributed by atoms with van der Waals surface area (Å²) in [5.74, 6) is 0.146. The minimum absolute atomic E-state index is 0.306. The number of carbonyl (C=O) groups excluding carboxylic acids is 4. The number of nitrogens with one attached hydrogen (secondary N) is 4. The molecule has 0 fully saturated rings. The van der Waals surface area contributed by atoms with Crippen LogP contribution in [-0.4, -0.2) is 61.9 Å². The van der Waals surface area contributed by atoms with Gasteiger partial charge in [-0.15, -0.1) is 0 Å². The average Bonchev–Trinajstić information content (AvgIpc) is 3.41. The number of hydrogen-bond acceptors (Lipinski definition) is 15. The minimum atomic E-state index is -0.425.